The Morgan fingerprint density at radius 1 is 1.00 bits per heavy atom. The minimum Gasteiger partial charge on any atom is -0.313 e. The molecule has 2 heteroatoms. The third kappa shape index (κ3) is 6.10. The molecule has 0 N–H and O–H groups in total. The van der Waals surface area contributed by atoms with Gasteiger partial charge in [-0.05, 0) is 22.7 Å². The van der Waals surface area contributed by atoms with Gasteiger partial charge in [0.1, 0.15) is 6.54 Å². The van der Waals surface area contributed by atoms with Crippen LogP contribution < -0.4 is 0 Å². The zero-order valence-corrected chi connectivity index (χ0v) is 13.5. The smallest absolute Gasteiger partial charge is 0.141 e. The highest BCUT2D eigenvalue weighted by Crippen LogP contribution is 2.20. The largest absolute Gasteiger partial charge is 0.313 e. The standard InChI is InChI=1S/C15H27IN/c1-2-3-4-5-6-7-12-17(15-10-11-16)13-8-9-14-17/h2-9,12-15H2,1H3/q+1. The summed E-state index contributed by atoms with van der Waals surface area (Å²) in [7, 11) is 0. The monoisotopic (exact) mass is 348 g/mol. The van der Waals surface area contributed by atoms with E-state index >= 15 is 0 Å². The second kappa shape index (κ2) is 9.22. The predicted molar refractivity (Wildman–Crippen MR) is 84.1 cm³/mol. The third-order valence-electron chi connectivity index (χ3n) is 3.98. The summed E-state index contributed by atoms with van der Waals surface area (Å²) >= 11 is 2.17. The average molecular weight is 348 g/mol. The molecule has 1 fully saturated rings. The number of hydrogen-bond donors (Lipinski definition) is 0. The summed E-state index contributed by atoms with van der Waals surface area (Å²) in [4.78, 5) is 0. The van der Waals surface area contributed by atoms with Crippen molar-refractivity contribution < 1.29 is 4.48 Å². The van der Waals surface area contributed by atoms with Crippen molar-refractivity contribution in [2.75, 3.05) is 26.2 Å². The van der Waals surface area contributed by atoms with Gasteiger partial charge in [-0.3, -0.25) is 0 Å². The van der Waals surface area contributed by atoms with E-state index in [0.717, 1.165) is 6.54 Å². The summed E-state index contributed by atoms with van der Waals surface area (Å²) in [6, 6.07) is 0. The highest BCUT2D eigenvalue weighted by atomic mass is 127. The number of halogens is 1. The first kappa shape index (κ1) is 15.3. The molecule has 0 atom stereocenters. The molecule has 0 bridgehead atoms. The van der Waals surface area contributed by atoms with E-state index in [1.54, 1.807) is 0 Å². The molecule has 0 aromatic heterocycles. The number of hydrogen-bond acceptors (Lipinski definition) is 0. The van der Waals surface area contributed by atoms with Gasteiger partial charge < -0.3 is 4.48 Å². The third-order valence-corrected chi connectivity index (χ3v) is 4.36. The Kier molecular flexibility index (Phi) is 8.30. The first-order valence-corrected chi connectivity index (χ1v) is 8.34. The van der Waals surface area contributed by atoms with Gasteiger partial charge in [0.05, 0.1) is 19.6 Å². The highest BCUT2D eigenvalue weighted by molar-refractivity contribution is 14.1. The molecule has 0 spiro atoms. The number of nitrogens with zero attached hydrogens (tertiary/aromatic N) is 1. The molecule has 0 radical (unpaired) electrons. The fraction of sp³-hybridized carbons (Fsp3) is 0.867. The van der Waals surface area contributed by atoms with Crippen LogP contribution >= 0.6 is 22.6 Å². The molecule has 1 nitrogen and oxygen atoms in total. The first-order valence-electron chi connectivity index (χ1n) is 7.26. The van der Waals surface area contributed by atoms with Crippen LogP contribution in [0.15, 0.2) is 0 Å². The summed E-state index contributed by atoms with van der Waals surface area (Å²) in [5.41, 5.74) is 0. The van der Waals surface area contributed by atoms with Crippen LogP contribution in [0.1, 0.15) is 58.3 Å². The van der Waals surface area contributed by atoms with Gasteiger partial charge in [-0.15, -0.1) is 0 Å². The van der Waals surface area contributed by atoms with Crippen molar-refractivity contribution >= 4 is 22.6 Å². The van der Waals surface area contributed by atoms with Gasteiger partial charge in [-0.25, -0.2) is 0 Å². The first-order chi connectivity index (χ1) is 8.33. The minimum absolute atomic E-state index is 1.10. The molecule has 1 saturated heterocycles. The van der Waals surface area contributed by atoms with Crippen LogP contribution in [-0.2, 0) is 0 Å². The highest BCUT2D eigenvalue weighted by Gasteiger charge is 2.30. The Morgan fingerprint density at radius 2 is 1.65 bits per heavy atom. The van der Waals surface area contributed by atoms with Gasteiger partial charge in [0, 0.05) is 35.4 Å². The van der Waals surface area contributed by atoms with Gasteiger partial charge in [-0.2, -0.15) is 0 Å². The normalized spacial score (nSPS) is 17.8. The fourth-order valence-electron chi connectivity index (χ4n) is 2.89. The van der Waals surface area contributed by atoms with E-state index in [1.807, 2.05) is 0 Å². The summed E-state index contributed by atoms with van der Waals surface area (Å²) in [5, 5.41) is 0. The van der Waals surface area contributed by atoms with E-state index < -0.39 is 0 Å². The zero-order chi connectivity index (χ0) is 12.4. The molecular weight excluding hydrogens is 321 g/mol. The summed E-state index contributed by atoms with van der Waals surface area (Å²) in [6.45, 7) is 7.50. The van der Waals surface area contributed by atoms with Crippen LogP contribution in [0, 0.1) is 9.85 Å². The van der Waals surface area contributed by atoms with Crippen LogP contribution in [-0.4, -0.2) is 30.7 Å². The van der Waals surface area contributed by atoms with Crippen molar-refractivity contribution in [3.05, 3.63) is 0 Å². The number of rotatable bonds is 8. The maximum Gasteiger partial charge on any atom is 0.141 e. The summed E-state index contributed by atoms with van der Waals surface area (Å²) in [6.07, 6.45) is 11.3. The average Bonchev–Trinajstić information content (AvgIpc) is 2.80. The quantitative estimate of drug-likeness (QED) is 0.265. The maximum atomic E-state index is 3.30. The van der Waals surface area contributed by atoms with Gasteiger partial charge in [0.2, 0.25) is 0 Å². The van der Waals surface area contributed by atoms with Crippen molar-refractivity contribution in [3.8, 4) is 9.85 Å². The maximum absolute atomic E-state index is 3.30. The topological polar surface area (TPSA) is 0 Å². The van der Waals surface area contributed by atoms with E-state index in [4.69, 9.17) is 0 Å². The molecule has 0 aliphatic carbocycles. The van der Waals surface area contributed by atoms with Crippen LogP contribution in [0.3, 0.4) is 0 Å². The van der Waals surface area contributed by atoms with Crippen molar-refractivity contribution in [1.29, 1.82) is 0 Å². The Balaban J connectivity index is 2.18. The molecule has 1 rings (SSSR count). The van der Waals surface area contributed by atoms with Gasteiger partial charge in [-0.1, -0.05) is 32.6 Å². The molecule has 1 aliphatic rings. The molecule has 0 aromatic rings. The van der Waals surface area contributed by atoms with Gasteiger partial charge in [0.25, 0.3) is 0 Å². The number of quaternary nitrogens is 1. The SMILES string of the molecule is CCCCCCCC[N+]1(CC#CI)CCCC1. The van der Waals surface area contributed by atoms with Crippen LogP contribution in [0.4, 0.5) is 0 Å². The lowest BCUT2D eigenvalue weighted by atomic mass is 10.1. The molecule has 1 heterocycles. The van der Waals surface area contributed by atoms with E-state index in [2.05, 4.69) is 39.4 Å². The van der Waals surface area contributed by atoms with Crippen LogP contribution in [0.25, 0.3) is 0 Å². The molecule has 0 aromatic carbocycles. The minimum atomic E-state index is 1.10. The Labute approximate surface area is 121 Å². The van der Waals surface area contributed by atoms with Crippen molar-refractivity contribution in [1.82, 2.24) is 0 Å². The van der Waals surface area contributed by atoms with Crippen LogP contribution in [0.5, 0.6) is 0 Å². The lowest BCUT2D eigenvalue weighted by molar-refractivity contribution is -0.910. The Bertz CT molecular complexity index is 245. The number of unbranched alkanes of at least 4 members (excludes halogenated alkanes) is 5. The van der Waals surface area contributed by atoms with Gasteiger partial charge >= 0.3 is 0 Å². The molecule has 98 valence electrons. The Hall–Kier alpha value is 0.250. The van der Waals surface area contributed by atoms with E-state index in [1.165, 1.54) is 75.5 Å². The summed E-state index contributed by atoms with van der Waals surface area (Å²) in [5.74, 6) is 3.30. The Morgan fingerprint density at radius 3 is 2.29 bits per heavy atom. The van der Waals surface area contributed by atoms with E-state index in [0.29, 0.717) is 0 Å². The molecule has 0 saturated carbocycles. The zero-order valence-electron chi connectivity index (χ0n) is 11.3. The van der Waals surface area contributed by atoms with Crippen molar-refractivity contribution in [3.63, 3.8) is 0 Å². The fourth-order valence-corrected chi connectivity index (χ4v) is 3.06. The second-order valence-corrected chi connectivity index (χ2v) is 5.96. The number of likely N-dealkylation sites (tertiary alicyclic amines) is 1. The van der Waals surface area contributed by atoms with Gasteiger partial charge in [0.15, 0.2) is 0 Å². The van der Waals surface area contributed by atoms with E-state index in [-0.39, 0.29) is 0 Å². The van der Waals surface area contributed by atoms with E-state index in [9.17, 15) is 0 Å². The molecule has 17 heavy (non-hydrogen) atoms. The lowest BCUT2D eigenvalue weighted by Crippen LogP contribution is -2.46. The predicted octanol–water partition coefficient (Wildman–Crippen LogP) is 4.35. The molecule has 0 amide bonds. The molecule has 1 aliphatic heterocycles. The molecule has 0 unspecified atom stereocenters. The summed E-state index contributed by atoms with van der Waals surface area (Å²) < 4.78 is 4.34. The van der Waals surface area contributed by atoms with Crippen molar-refractivity contribution in [2.24, 2.45) is 0 Å². The lowest BCUT2D eigenvalue weighted by Gasteiger charge is -2.32. The van der Waals surface area contributed by atoms with Crippen molar-refractivity contribution in [2.45, 2.75) is 58.3 Å². The molecular formula is C15H27IN+. The van der Waals surface area contributed by atoms with Crippen LogP contribution in [0.2, 0.25) is 0 Å². The second-order valence-electron chi connectivity index (χ2n) is 5.42.